The van der Waals surface area contributed by atoms with Gasteiger partial charge in [0.15, 0.2) is 0 Å². The van der Waals surface area contributed by atoms with E-state index in [1.165, 1.54) is 50.3 Å². The zero-order valence-electron chi connectivity index (χ0n) is 21.7. The molecule has 2 atom stereocenters. The second kappa shape index (κ2) is 22.6. The molecule has 0 aliphatic heterocycles. The maximum atomic E-state index is 12.7. The van der Waals surface area contributed by atoms with E-state index in [-0.39, 0.29) is 18.9 Å². The Hall–Kier alpha value is -1.81. The molecule has 0 heterocycles. The summed E-state index contributed by atoms with van der Waals surface area (Å²) >= 11 is 1.52. The van der Waals surface area contributed by atoms with E-state index in [9.17, 15) is 24.3 Å². The van der Waals surface area contributed by atoms with Gasteiger partial charge in [0.1, 0.15) is 12.1 Å². The predicted octanol–water partition coefficient (Wildman–Crippen LogP) is 2.96. The fourth-order valence-electron chi connectivity index (χ4n) is 3.64. The quantitative estimate of drug-likeness (QED) is 0.131. The number of carbonyl (C=O) groups is 4. The van der Waals surface area contributed by atoms with Gasteiger partial charge in [0, 0.05) is 6.42 Å². The minimum atomic E-state index is -1.12. The van der Waals surface area contributed by atoms with E-state index in [0.717, 1.165) is 19.3 Å². The third-order valence-corrected chi connectivity index (χ3v) is 6.42. The monoisotopic (exact) mass is 516 g/mol. The maximum Gasteiger partial charge on any atom is 0.326 e. The zero-order valence-corrected chi connectivity index (χ0v) is 22.6. The average molecular weight is 517 g/mol. The number of amides is 3. The molecule has 204 valence electrons. The van der Waals surface area contributed by atoms with Gasteiger partial charge < -0.3 is 26.8 Å². The molecule has 0 aliphatic carbocycles. The van der Waals surface area contributed by atoms with E-state index in [1.807, 2.05) is 6.26 Å². The highest BCUT2D eigenvalue weighted by Gasteiger charge is 2.26. The van der Waals surface area contributed by atoms with E-state index < -0.39 is 29.9 Å². The highest BCUT2D eigenvalue weighted by Crippen LogP contribution is 2.10. The number of thioether (sulfide) groups is 1. The summed E-state index contributed by atoms with van der Waals surface area (Å²) < 4.78 is 0. The Morgan fingerprint density at radius 2 is 1.43 bits per heavy atom. The number of hydrogen-bond acceptors (Lipinski definition) is 6. The molecule has 0 aromatic carbocycles. The summed E-state index contributed by atoms with van der Waals surface area (Å²) in [5.41, 5.74) is 5.45. The van der Waals surface area contributed by atoms with Crippen molar-refractivity contribution in [3.63, 3.8) is 0 Å². The maximum absolute atomic E-state index is 12.7. The van der Waals surface area contributed by atoms with E-state index in [0.29, 0.717) is 38.0 Å². The molecule has 0 radical (unpaired) electrons. The lowest BCUT2D eigenvalue weighted by molar-refractivity contribution is -0.142. The lowest BCUT2D eigenvalue weighted by atomic mass is 10.1. The van der Waals surface area contributed by atoms with Gasteiger partial charge in [-0.2, -0.15) is 11.8 Å². The first-order valence-electron chi connectivity index (χ1n) is 13.1. The molecular formula is C25H48N4O5S. The highest BCUT2D eigenvalue weighted by molar-refractivity contribution is 7.98. The Morgan fingerprint density at radius 3 is 2.00 bits per heavy atom. The molecule has 0 aromatic heterocycles. The number of rotatable bonds is 23. The third-order valence-electron chi connectivity index (χ3n) is 5.78. The molecule has 0 saturated heterocycles. The Morgan fingerprint density at radius 1 is 0.800 bits per heavy atom. The molecule has 0 saturated carbocycles. The molecule has 0 aliphatic rings. The molecule has 0 unspecified atom stereocenters. The molecule has 0 spiro atoms. The van der Waals surface area contributed by atoms with Gasteiger partial charge >= 0.3 is 5.97 Å². The molecule has 35 heavy (non-hydrogen) atoms. The lowest BCUT2D eigenvalue weighted by Crippen LogP contribution is -2.53. The molecule has 3 amide bonds. The second-order valence-electron chi connectivity index (χ2n) is 8.94. The standard InChI is InChI=1S/C25H48N4O5S/c1-3-4-5-6-7-8-9-10-11-15-22(30)27-19-23(31)28-20(16-18-35-2)24(32)29-21(25(33)34)14-12-13-17-26/h20-21H,3-19,26H2,1-2H3,(H,27,30)(H,28,31)(H,29,32)(H,33,34)/t20-,21-/m0/s1. The first-order chi connectivity index (χ1) is 16.8. The van der Waals surface area contributed by atoms with Gasteiger partial charge in [-0.25, -0.2) is 4.79 Å². The van der Waals surface area contributed by atoms with Gasteiger partial charge in [-0.05, 0) is 50.7 Å². The molecule has 9 nitrogen and oxygen atoms in total. The van der Waals surface area contributed by atoms with Crippen molar-refractivity contribution in [1.29, 1.82) is 0 Å². The molecule has 6 N–H and O–H groups in total. The van der Waals surface area contributed by atoms with Crippen LogP contribution in [-0.4, -0.2) is 66.0 Å². The largest absolute Gasteiger partial charge is 0.480 e. The van der Waals surface area contributed by atoms with Gasteiger partial charge in [0.05, 0.1) is 6.54 Å². The van der Waals surface area contributed by atoms with Crippen molar-refractivity contribution >= 4 is 35.5 Å². The predicted molar refractivity (Wildman–Crippen MR) is 142 cm³/mol. The van der Waals surface area contributed by atoms with Crippen LogP contribution in [0.3, 0.4) is 0 Å². The van der Waals surface area contributed by atoms with Crippen molar-refractivity contribution in [1.82, 2.24) is 16.0 Å². The van der Waals surface area contributed by atoms with Crippen LogP contribution in [0.15, 0.2) is 0 Å². The van der Waals surface area contributed by atoms with Crippen LogP contribution in [0.25, 0.3) is 0 Å². The fraction of sp³-hybridized carbons (Fsp3) is 0.840. The number of nitrogens with one attached hydrogen (secondary N) is 3. The van der Waals surface area contributed by atoms with Gasteiger partial charge in [-0.3, -0.25) is 14.4 Å². The summed E-state index contributed by atoms with van der Waals surface area (Å²) in [6.07, 6.45) is 14.6. The number of nitrogens with two attached hydrogens (primary N) is 1. The van der Waals surface area contributed by atoms with E-state index in [2.05, 4.69) is 22.9 Å². The molecule has 0 fully saturated rings. The zero-order chi connectivity index (χ0) is 26.3. The van der Waals surface area contributed by atoms with Crippen LogP contribution < -0.4 is 21.7 Å². The Balaban J connectivity index is 4.34. The smallest absolute Gasteiger partial charge is 0.326 e. The number of aliphatic carboxylic acids is 1. The van der Waals surface area contributed by atoms with Crippen molar-refractivity contribution in [3.8, 4) is 0 Å². The highest BCUT2D eigenvalue weighted by atomic mass is 32.2. The summed E-state index contributed by atoms with van der Waals surface area (Å²) in [5.74, 6) is -1.68. The summed E-state index contributed by atoms with van der Waals surface area (Å²) in [7, 11) is 0. The van der Waals surface area contributed by atoms with Crippen LogP contribution in [0.5, 0.6) is 0 Å². The topological polar surface area (TPSA) is 151 Å². The van der Waals surface area contributed by atoms with E-state index in [1.54, 1.807) is 0 Å². The van der Waals surface area contributed by atoms with Crippen molar-refractivity contribution in [2.45, 2.75) is 109 Å². The number of carboxylic acid groups (broad SMARTS) is 1. The van der Waals surface area contributed by atoms with E-state index in [4.69, 9.17) is 5.73 Å². The second-order valence-corrected chi connectivity index (χ2v) is 9.93. The van der Waals surface area contributed by atoms with E-state index >= 15 is 0 Å². The number of carboxylic acids is 1. The Bertz CT molecular complexity index is 606. The number of carbonyl (C=O) groups excluding carboxylic acids is 3. The minimum Gasteiger partial charge on any atom is -0.480 e. The van der Waals surface area contributed by atoms with Crippen LogP contribution in [0.1, 0.15) is 96.8 Å². The fourth-order valence-corrected chi connectivity index (χ4v) is 4.11. The average Bonchev–Trinajstić information content (AvgIpc) is 2.83. The van der Waals surface area contributed by atoms with Crippen molar-refractivity contribution in [2.75, 3.05) is 25.1 Å². The van der Waals surface area contributed by atoms with Gasteiger partial charge in [0.25, 0.3) is 0 Å². The lowest BCUT2D eigenvalue weighted by Gasteiger charge is -2.21. The summed E-state index contributed by atoms with van der Waals surface area (Å²) in [6, 6.07) is -1.89. The van der Waals surface area contributed by atoms with Gasteiger partial charge in [0.2, 0.25) is 17.7 Å². The molecular weight excluding hydrogens is 468 g/mol. The summed E-state index contributed by atoms with van der Waals surface area (Å²) in [6.45, 7) is 2.45. The number of hydrogen-bond donors (Lipinski definition) is 5. The van der Waals surface area contributed by atoms with Crippen LogP contribution in [-0.2, 0) is 19.2 Å². The third kappa shape index (κ3) is 19.1. The molecule has 0 bridgehead atoms. The van der Waals surface area contributed by atoms with Crippen molar-refractivity contribution in [2.24, 2.45) is 5.73 Å². The minimum absolute atomic E-state index is 0.181. The van der Waals surface area contributed by atoms with Gasteiger partial charge in [-0.1, -0.05) is 58.3 Å². The number of unbranched alkanes of at least 4 members (excludes halogenated alkanes) is 9. The first kappa shape index (κ1) is 33.2. The van der Waals surface area contributed by atoms with Gasteiger partial charge in [-0.15, -0.1) is 0 Å². The van der Waals surface area contributed by atoms with Crippen LogP contribution in [0.2, 0.25) is 0 Å². The summed E-state index contributed by atoms with van der Waals surface area (Å²) in [5, 5.41) is 17.1. The van der Waals surface area contributed by atoms with Crippen molar-refractivity contribution < 1.29 is 24.3 Å². The first-order valence-corrected chi connectivity index (χ1v) is 14.5. The molecule has 0 aromatic rings. The van der Waals surface area contributed by atoms with Crippen LogP contribution in [0, 0.1) is 0 Å². The van der Waals surface area contributed by atoms with Crippen molar-refractivity contribution in [3.05, 3.63) is 0 Å². The molecule has 10 heteroatoms. The Labute approximate surface area is 215 Å². The van der Waals surface area contributed by atoms with Crippen LogP contribution >= 0.6 is 11.8 Å². The summed E-state index contributed by atoms with van der Waals surface area (Å²) in [4.78, 5) is 48.5. The normalized spacial score (nSPS) is 12.5. The Kier molecular flexibility index (Phi) is 21.5. The van der Waals surface area contributed by atoms with Crippen LogP contribution in [0.4, 0.5) is 0 Å². The molecule has 0 rings (SSSR count). The SMILES string of the molecule is CCCCCCCCCCCC(=O)NCC(=O)N[C@@H](CCSC)C(=O)N[C@@H](CCCCN)C(=O)O.